The number of para-hydroxylation sites is 2. The summed E-state index contributed by atoms with van der Waals surface area (Å²) in [4.78, 5) is 2.38. The third-order valence-electron chi connectivity index (χ3n) is 8.90. The van der Waals surface area contributed by atoms with E-state index >= 15 is 0 Å². The van der Waals surface area contributed by atoms with Crippen molar-refractivity contribution in [3.63, 3.8) is 0 Å². The summed E-state index contributed by atoms with van der Waals surface area (Å²) in [6.07, 6.45) is 0. The van der Waals surface area contributed by atoms with Crippen molar-refractivity contribution in [2.45, 2.75) is 0 Å². The Hall–Kier alpha value is -6.18. The van der Waals surface area contributed by atoms with Crippen LogP contribution in [0.1, 0.15) is 0 Å². The fourth-order valence-electron chi connectivity index (χ4n) is 6.71. The monoisotopic (exact) mass is 599 g/mol. The molecule has 0 saturated carbocycles. The Labute approximate surface area is 276 Å². The zero-order valence-corrected chi connectivity index (χ0v) is 26.0. The first-order chi connectivity index (χ1) is 23.3. The van der Waals surface area contributed by atoms with Crippen LogP contribution >= 0.6 is 0 Å². The average Bonchev–Trinajstić information content (AvgIpc) is 3.16. The second-order valence-corrected chi connectivity index (χ2v) is 11.7. The van der Waals surface area contributed by atoms with Gasteiger partial charge in [0.2, 0.25) is 0 Å². The summed E-state index contributed by atoms with van der Waals surface area (Å²) < 4.78 is 0. The Balaban J connectivity index is 1.28. The van der Waals surface area contributed by atoms with E-state index in [9.17, 15) is 0 Å². The molecule has 222 valence electrons. The van der Waals surface area contributed by atoms with Crippen LogP contribution in [0.25, 0.3) is 55.3 Å². The molecular weight excluding hydrogens is 567 g/mol. The molecule has 47 heavy (non-hydrogen) atoms. The lowest BCUT2D eigenvalue weighted by molar-refractivity contribution is 1.28. The predicted molar refractivity (Wildman–Crippen MR) is 200 cm³/mol. The number of benzene rings is 8. The van der Waals surface area contributed by atoms with E-state index in [4.69, 9.17) is 0 Å². The first-order valence-corrected chi connectivity index (χ1v) is 16.1. The topological polar surface area (TPSA) is 3.24 Å². The lowest BCUT2D eigenvalue weighted by atomic mass is 9.88. The minimum atomic E-state index is 1.11. The van der Waals surface area contributed by atoms with Gasteiger partial charge in [-0.15, -0.1) is 0 Å². The molecule has 8 rings (SSSR count). The van der Waals surface area contributed by atoms with Crippen LogP contribution in [-0.2, 0) is 0 Å². The van der Waals surface area contributed by atoms with Gasteiger partial charge in [-0.3, -0.25) is 0 Å². The van der Waals surface area contributed by atoms with Crippen molar-refractivity contribution in [2.75, 3.05) is 4.90 Å². The van der Waals surface area contributed by atoms with Gasteiger partial charge < -0.3 is 4.90 Å². The van der Waals surface area contributed by atoms with Crippen molar-refractivity contribution < 1.29 is 0 Å². The fourth-order valence-corrected chi connectivity index (χ4v) is 6.71. The molecule has 0 aliphatic carbocycles. The highest BCUT2D eigenvalue weighted by Crippen LogP contribution is 2.45. The van der Waals surface area contributed by atoms with Crippen LogP contribution in [0.3, 0.4) is 0 Å². The second-order valence-electron chi connectivity index (χ2n) is 11.7. The zero-order chi connectivity index (χ0) is 31.4. The molecular formula is C46H33N. The van der Waals surface area contributed by atoms with Crippen molar-refractivity contribution in [1.29, 1.82) is 0 Å². The summed E-state index contributed by atoms with van der Waals surface area (Å²) in [5, 5.41) is 2.52. The molecule has 0 fully saturated rings. The fraction of sp³-hybridized carbons (Fsp3) is 0. The molecule has 1 nitrogen and oxygen atoms in total. The average molecular weight is 600 g/mol. The molecule has 8 aromatic carbocycles. The minimum absolute atomic E-state index is 1.11. The van der Waals surface area contributed by atoms with E-state index in [0.29, 0.717) is 0 Å². The summed E-state index contributed by atoms with van der Waals surface area (Å²) in [6, 6.07) is 71.8. The van der Waals surface area contributed by atoms with Gasteiger partial charge in [0.1, 0.15) is 0 Å². The SMILES string of the molecule is c1ccc(-c2ccccc2-c2ccccc2-c2ccccc2N(c2ccccc2)c2ccc(-c3cccc4ccccc34)cc2)cc1. The maximum Gasteiger partial charge on any atom is 0.0540 e. The van der Waals surface area contributed by atoms with Gasteiger partial charge in [-0.25, -0.2) is 0 Å². The number of hydrogen-bond acceptors (Lipinski definition) is 1. The quantitative estimate of drug-likeness (QED) is 0.176. The molecule has 0 radical (unpaired) electrons. The predicted octanol–water partition coefficient (Wildman–Crippen LogP) is 13.0. The summed E-state index contributed by atoms with van der Waals surface area (Å²) in [7, 11) is 0. The van der Waals surface area contributed by atoms with Crippen LogP contribution in [-0.4, -0.2) is 0 Å². The molecule has 1 heteroatoms. The number of hydrogen-bond donors (Lipinski definition) is 0. The first kappa shape index (κ1) is 28.3. The van der Waals surface area contributed by atoms with Gasteiger partial charge in [-0.2, -0.15) is 0 Å². The smallest absolute Gasteiger partial charge is 0.0540 e. The number of fused-ring (bicyclic) bond motifs is 1. The molecule has 0 heterocycles. The highest BCUT2D eigenvalue weighted by atomic mass is 15.1. The third-order valence-corrected chi connectivity index (χ3v) is 8.90. The molecule has 0 bridgehead atoms. The van der Waals surface area contributed by atoms with Crippen molar-refractivity contribution in [3.05, 3.63) is 200 Å². The van der Waals surface area contributed by atoms with E-state index in [0.717, 1.165) is 17.1 Å². The van der Waals surface area contributed by atoms with E-state index in [-0.39, 0.29) is 0 Å². The molecule has 0 spiro atoms. The van der Waals surface area contributed by atoms with Crippen LogP contribution in [0.4, 0.5) is 17.1 Å². The van der Waals surface area contributed by atoms with Gasteiger partial charge in [0, 0.05) is 16.9 Å². The van der Waals surface area contributed by atoms with Gasteiger partial charge in [-0.05, 0) is 80.0 Å². The Kier molecular flexibility index (Phi) is 7.63. The van der Waals surface area contributed by atoms with Gasteiger partial charge in [0.05, 0.1) is 5.69 Å². The third kappa shape index (κ3) is 5.49. The Morgan fingerprint density at radius 2 is 0.702 bits per heavy atom. The minimum Gasteiger partial charge on any atom is -0.310 e. The first-order valence-electron chi connectivity index (χ1n) is 16.1. The Morgan fingerprint density at radius 1 is 0.255 bits per heavy atom. The van der Waals surface area contributed by atoms with Gasteiger partial charge in [-0.1, -0.05) is 170 Å². The van der Waals surface area contributed by atoms with E-state index in [1.807, 2.05) is 0 Å². The van der Waals surface area contributed by atoms with Gasteiger partial charge in [0.15, 0.2) is 0 Å². The summed E-state index contributed by atoms with van der Waals surface area (Å²) in [5.41, 5.74) is 13.0. The molecule has 0 aromatic heterocycles. The Morgan fingerprint density at radius 3 is 1.43 bits per heavy atom. The molecule has 0 amide bonds. The molecule has 8 aromatic rings. The lowest BCUT2D eigenvalue weighted by Crippen LogP contribution is -2.11. The maximum absolute atomic E-state index is 2.38. The van der Waals surface area contributed by atoms with E-state index in [2.05, 4.69) is 205 Å². The highest BCUT2D eigenvalue weighted by Gasteiger charge is 2.20. The maximum atomic E-state index is 2.38. The van der Waals surface area contributed by atoms with Crippen LogP contribution in [0.15, 0.2) is 200 Å². The van der Waals surface area contributed by atoms with Crippen molar-refractivity contribution in [2.24, 2.45) is 0 Å². The standard InChI is InChI=1S/C46H33N/c1-3-16-34(17-4-1)41-23-9-10-24-42(41)43-25-11-12-26-44(43)45-27-13-14-29-46(45)47(37-20-5-2-6-21-37)38-32-30-36(31-33-38)40-28-15-19-35-18-7-8-22-39(35)40/h1-33H. The van der Waals surface area contributed by atoms with Crippen molar-refractivity contribution in [1.82, 2.24) is 0 Å². The van der Waals surface area contributed by atoms with Crippen molar-refractivity contribution in [3.8, 4) is 44.5 Å². The molecule has 0 aliphatic heterocycles. The molecule has 0 aliphatic rings. The number of anilines is 3. The van der Waals surface area contributed by atoms with Gasteiger partial charge in [0.25, 0.3) is 0 Å². The van der Waals surface area contributed by atoms with Crippen LogP contribution in [0.5, 0.6) is 0 Å². The molecule has 0 saturated heterocycles. The molecule has 0 N–H and O–H groups in total. The Bertz CT molecular complexity index is 2280. The normalized spacial score (nSPS) is 11.0. The van der Waals surface area contributed by atoms with E-state index in [1.165, 1.54) is 55.3 Å². The summed E-state index contributed by atoms with van der Waals surface area (Å²) in [6.45, 7) is 0. The lowest BCUT2D eigenvalue weighted by Gasteiger charge is -2.28. The number of rotatable bonds is 7. The zero-order valence-electron chi connectivity index (χ0n) is 26.0. The molecule has 0 unspecified atom stereocenters. The van der Waals surface area contributed by atoms with E-state index < -0.39 is 0 Å². The van der Waals surface area contributed by atoms with E-state index in [1.54, 1.807) is 0 Å². The summed E-state index contributed by atoms with van der Waals surface area (Å²) >= 11 is 0. The highest BCUT2D eigenvalue weighted by molar-refractivity contribution is 5.99. The van der Waals surface area contributed by atoms with Crippen molar-refractivity contribution >= 4 is 27.8 Å². The second kappa shape index (κ2) is 12.7. The largest absolute Gasteiger partial charge is 0.310 e. The summed E-state index contributed by atoms with van der Waals surface area (Å²) in [5.74, 6) is 0. The van der Waals surface area contributed by atoms with Gasteiger partial charge >= 0.3 is 0 Å². The molecule has 0 atom stereocenters. The van der Waals surface area contributed by atoms with Crippen LogP contribution in [0.2, 0.25) is 0 Å². The van der Waals surface area contributed by atoms with Crippen LogP contribution in [0, 0.1) is 0 Å². The number of nitrogens with zero attached hydrogens (tertiary/aromatic N) is 1. The van der Waals surface area contributed by atoms with Crippen LogP contribution < -0.4 is 4.90 Å².